The van der Waals surface area contributed by atoms with E-state index in [2.05, 4.69) is 5.32 Å². The highest BCUT2D eigenvalue weighted by Gasteiger charge is 2.13. The van der Waals surface area contributed by atoms with Gasteiger partial charge in [-0.05, 0) is 44.2 Å². The lowest BCUT2D eigenvalue weighted by molar-refractivity contribution is 0.102. The highest BCUT2D eigenvalue weighted by molar-refractivity contribution is 6.34. The van der Waals surface area contributed by atoms with Crippen LogP contribution in [0.15, 0.2) is 42.5 Å². The van der Waals surface area contributed by atoms with Gasteiger partial charge in [0.25, 0.3) is 5.91 Å². The lowest BCUT2D eigenvalue weighted by Crippen LogP contribution is -2.15. The van der Waals surface area contributed by atoms with Crippen molar-refractivity contribution in [2.24, 2.45) is 0 Å². The summed E-state index contributed by atoms with van der Waals surface area (Å²) in [5, 5.41) is 3.15. The lowest BCUT2D eigenvalue weighted by atomic mass is 10.2. The van der Waals surface area contributed by atoms with Crippen LogP contribution in [0.4, 0.5) is 11.4 Å². The Bertz CT molecular complexity index is 656. The van der Waals surface area contributed by atoms with Crippen LogP contribution < -0.4 is 15.8 Å². The zero-order valence-corrected chi connectivity index (χ0v) is 12.6. The van der Waals surface area contributed by atoms with Gasteiger partial charge >= 0.3 is 0 Å². The number of carbonyl (C=O) groups excluding carboxylic acids is 1. The topological polar surface area (TPSA) is 64.3 Å². The Labute approximate surface area is 128 Å². The Morgan fingerprint density at radius 3 is 2.67 bits per heavy atom. The maximum absolute atomic E-state index is 12.3. The fourth-order valence-electron chi connectivity index (χ4n) is 1.83. The Hall–Kier alpha value is -2.20. The van der Waals surface area contributed by atoms with E-state index >= 15 is 0 Å². The predicted octanol–water partition coefficient (Wildman–Crippen LogP) is 3.96. The fourth-order valence-corrected chi connectivity index (χ4v) is 2.04. The summed E-state index contributed by atoms with van der Waals surface area (Å²) in [6.45, 7) is 3.85. The Morgan fingerprint density at radius 2 is 1.95 bits per heavy atom. The number of nitrogens with one attached hydrogen (secondary N) is 1. The maximum Gasteiger partial charge on any atom is 0.257 e. The van der Waals surface area contributed by atoms with Crippen LogP contribution in [0.2, 0.25) is 5.02 Å². The Morgan fingerprint density at radius 1 is 1.24 bits per heavy atom. The van der Waals surface area contributed by atoms with Crippen molar-refractivity contribution in [3.8, 4) is 5.75 Å². The van der Waals surface area contributed by atoms with Gasteiger partial charge in [-0.1, -0.05) is 23.7 Å². The van der Waals surface area contributed by atoms with Crippen LogP contribution in [0.25, 0.3) is 0 Å². The van der Waals surface area contributed by atoms with Gasteiger partial charge in [0.2, 0.25) is 0 Å². The van der Waals surface area contributed by atoms with E-state index in [1.54, 1.807) is 30.3 Å². The normalized spacial score (nSPS) is 10.5. The molecule has 2 rings (SSSR count). The summed E-state index contributed by atoms with van der Waals surface area (Å²) < 4.78 is 5.66. The average Bonchev–Trinajstić information content (AvgIpc) is 2.43. The van der Waals surface area contributed by atoms with E-state index in [0.717, 1.165) is 0 Å². The quantitative estimate of drug-likeness (QED) is 0.840. The number of anilines is 2. The number of nitrogens with two attached hydrogens (primary N) is 1. The summed E-state index contributed by atoms with van der Waals surface area (Å²) in [7, 11) is 0. The van der Waals surface area contributed by atoms with E-state index in [4.69, 9.17) is 22.1 Å². The summed E-state index contributed by atoms with van der Waals surface area (Å²) in [6, 6.07) is 12.0. The third-order valence-corrected chi connectivity index (χ3v) is 3.06. The SMILES string of the molecule is CC(C)Oc1ccccc1NC(=O)c1cc(N)ccc1Cl. The minimum atomic E-state index is -0.327. The van der Waals surface area contributed by atoms with Gasteiger partial charge in [0, 0.05) is 5.69 Å². The Balaban J connectivity index is 2.25. The molecule has 0 aliphatic heterocycles. The van der Waals surface area contributed by atoms with Gasteiger partial charge < -0.3 is 15.8 Å². The van der Waals surface area contributed by atoms with Crippen LogP contribution in [-0.4, -0.2) is 12.0 Å². The van der Waals surface area contributed by atoms with Crippen LogP contribution in [0.1, 0.15) is 24.2 Å². The standard InChI is InChI=1S/C16H17ClN2O2/c1-10(2)21-15-6-4-3-5-14(15)19-16(20)12-9-11(18)7-8-13(12)17/h3-10H,18H2,1-2H3,(H,19,20). The summed E-state index contributed by atoms with van der Waals surface area (Å²) >= 11 is 6.03. The minimum Gasteiger partial charge on any atom is -0.489 e. The number of carbonyl (C=O) groups is 1. The molecule has 2 aromatic rings. The van der Waals surface area contributed by atoms with Gasteiger partial charge in [0.15, 0.2) is 0 Å². The molecule has 0 unspecified atom stereocenters. The third kappa shape index (κ3) is 3.89. The first kappa shape index (κ1) is 15.2. The molecule has 0 aliphatic rings. The van der Waals surface area contributed by atoms with Crippen molar-refractivity contribution in [2.45, 2.75) is 20.0 Å². The van der Waals surface area contributed by atoms with Gasteiger partial charge in [0.1, 0.15) is 5.75 Å². The van der Waals surface area contributed by atoms with E-state index < -0.39 is 0 Å². The van der Waals surface area contributed by atoms with E-state index in [1.165, 1.54) is 0 Å². The monoisotopic (exact) mass is 304 g/mol. The van der Waals surface area contributed by atoms with Crippen molar-refractivity contribution in [3.63, 3.8) is 0 Å². The summed E-state index contributed by atoms with van der Waals surface area (Å²) in [6.07, 6.45) is 0.0130. The van der Waals surface area contributed by atoms with Gasteiger partial charge in [-0.2, -0.15) is 0 Å². The highest BCUT2D eigenvalue weighted by atomic mass is 35.5. The number of hydrogen-bond donors (Lipinski definition) is 2. The molecule has 21 heavy (non-hydrogen) atoms. The molecule has 0 aliphatic carbocycles. The molecular weight excluding hydrogens is 288 g/mol. The first-order chi connectivity index (χ1) is 9.97. The number of para-hydroxylation sites is 2. The summed E-state index contributed by atoms with van der Waals surface area (Å²) in [5.41, 5.74) is 7.10. The lowest BCUT2D eigenvalue weighted by Gasteiger charge is -2.15. The van der Waals surface area contributed by atoms with Gasteiger partial charge in [-0.15, -0.1) is 0 Å². The minimum absolute atomic E-state index is 0.0130. The molecule has 0 atom stereocenters. The number of rotatable bonds is 4. The van der Waals surface area contributed by atoms with Crippen LogP contribution in [-0.2, 0) is 0 Å². The van der Waals surface area contributed by atoms with Gasteiger partial charge in [0.05, 0.1) is 22.4 Å². The van der Waals surface area contributed by atoms with Crippen molar-refractivity contribution in [1.82, 2.24) is 0 Å². The number of halogens is 1. The van der Waals surface area contributed by atoms with Crippen LogP contribution in [0.5, 0.6) is 5.75 Å². The van der Waals surface area contributed by atoms with E-state index in [1.807, 2.05) is 26.0 Å². The number of amides is 1. The molecule has 0 spiro atoms. The maximum atomic E-state index is 12.3. The second kappa shape index (κ2) is 6.50. The van der Waals surface area contributed by atoms with Crippen LogP contribution in [0.3, 0.4) is 0 Å². The Kier molecular flexibility index (Phi) is 4.70. The largest absolute Gasteiger partial charge is 0.489 e. The second-order valence-corrected chi connectivity index (χ2v) is 5.26. The molecule has 0 radical (unpaired) electrons. The molecule has 0 saturated carbocycles. The van der Waals surface area contributed by atoms with Gasteiger partial charge in [-0.25, -0.2) is 0 Å². The molecule has 0 saturated heterocycles. The van der Waals surface area contributed by atoms with E-state index in [-0.39, 0.29) is 12.0 Å². The first-order valence-electron chi connectivity index (χ1n) is 6.59. The molecule has 1 amide bonds. The molecule has 4 nitrogen and oxygen atoms in total. The molecule has 110 valence electrons. The van der Waals surface area contributed by atoms with Crippen molar-refractivity contribution < 1.29 is 9.53 Å². The average molecular weight is 305 g/mol. The van der Waals surface area contributed by atoms with Crippen LogP contribution >= 0.6 is 11.6 Å². The predicted molar refractivity (Wildman–Crippen MR) is 86.0 cm³/mol. The van der Waals surface area contributed by atoms with Crippen molar-refractivity contribution in [1.29, 1.82) is 0 Å². The molecular formula is C16H17ClN2O2. The van der Waals surface area contributed by atoms with Gasteiger partial charge in [-0.3, -0.25) is 4.79 Å². The molecule has 0 bridgehead atoms. The zero-order valence-electron chi connectivity index (χ0n) is 11.9. The summed E-state index contributed by atoms with van der Waals surface area (Å²) in [4.78, 5) is 12.3. The highest BCUT2D eigenvalue weighted by Crippen LogP contribution is 2.27. The summed E-state index contributed by atoms with van der Waals surface area (Å²) in [5.74, 6) is 0.285. The first-order valence-corrected chi connectivity index (χ1v) is 6.97. The second-order valence-electron chi connectivity index (χ2n) is 4.86. The molecule has 0 aromatic heterocycles. The van der Waals surface area contributed by atoms with Crippen molar-refractivity contribution in [2.75, 3.05) is 11.1 Å². The number of benzene rings is 2. The number of hydrogen-bond acceptors (Lipinski definition) is 3. The third-order valence-electron chi connectivity index (χ3n) is 2.73. The van der Waals surface area contributed by atoms with E-state index in [9.17, 15) is 4.79 Å². The molecule has 3 N–H and O–H groups in total. The van der Waals surface area contributed by atoms with E-state index in [0.29, 0.717) is 27.7 Å². The van der Waals surface area contributed by atoms with Crippen molar-refractivity contribution >= 4 is 28.9 Å². The molecule has 5 heteroatoms. The smallest absolute Gasteiger partial charge is 0.257 e. The molecule has 0 fully saturated rings. The molecule has 0 heterocycles. The number of ether oxygens (including phenoxy) is 1. The number of nitrogen functional groups attached to an aromatic ring is 1. The molecule has 2 aromatic carbocycles. The fraction of sp³-hybridized carbons (Fsp3) is 0.188. The van der Waals surface area contributed by atoms with Crippen molar-refractivity contribution in [3.05, 3.63) is 53.1 Å². The van der Waals surface area contributed by atoms with Crippen LogP contribution in [0, 0.1) is 0 Å². The zero-order chi connectivity index (χ0) is 15.4.